The molecule has 4 nitrogen and oxygen atoms in total. The lowest BCUT2D eigenvalue weighted by molar-refractivity contribution is -0.116. The lowest BCUT2D eigenvalue weighted by Gasteiger charge is -2.08. The number of amides is 2. The van der Waals surface area contributed by atoms with Crippen LogP contribution in [0.1, 0.15) is 15.9 Å². The van der Waals surface area contributed by atoms with Crippen LogP contribution in [0.4, 0.5) is 4.39 Å². The Bertz CT molecular complexity index is 728. The topological polar surface area (TPSA) is 58.2 Å². The van der Waals surface area contributed by atoms with E-state index in [2.05, 4.69) is 10.6 Å². The highest BCUT2D eigenvalue weighted by Gasteiger charge is 2.14. The third-order valence-corrected chi connectivity index (χ3v) is 3.44. The minimum atomic E-state index is -0.685. The Hall–Kier alpha value is -2.66. The Balaban J connectivity index is 1.75. The summed E-state index contributed by atoms with van der Waals surface area (Å²) < 4.78 is 13.6. The highest BCUT2D eigenvalue weighted by atomic mass is 35.5. The molecule has 0 aliphatic heterocycles. The van der Waals surface area contributed by atoms with E-state index in [1.807, 2.05) is 30.3 Å². The standard InChI is InChI=1S/C18H16ClFN2O2/c19-14-7-4-8-15(20)17(14)18(24)22-12-11-21-16(23)10-9-13-5-2-1-3-6-13/h1-10H,11-12H2,(H,21,23)(H,22,24)/b10-9+. The number of carbonyl (C=O) groups is 2. The Morgan fingerprint density at radius 3 is 2.42 bits per heavy atom. The van der Waals surface area contributed by atoms with Crippen molar-refractivity contribution in [3.8, 4) is 0 Å². The molecule has 2 aromatic carbocycles. The summed E-state index contributed by atoms with van der Waals surface area (Å²) in [6.07, 6.45) is 3.10. The molecule has 2 rings (SSSR count). The summed E-state index contributed by atoms with van der Waals surface area (Å²) in [5.74, 6) is -1.58. The van der Waals surface area contributed by atoms with Crippen molar-refractivity contribution in [1.82, 2.24) is 10.6 Å². The molecule has 0 aliphatic rings. The molecule has 2 N–H and O–H groups in total. The van der Waals surface area contributed by atoms with E-state index in [0.29, 0.717) is 0 Å². The molecule has 6 heteroatoms. The Labute approximate surface area is 144 Å². The fourth-order valence-corrected chi connectivity index (χ4v) is 2.21. The second kappa shape index (κ2) is 8.84. The zero-order chi connectivity index (χ0) is 17.4. The van der Waals surface area contributed by atoms with Crippen molar-refractivity contribution < 1.29 is 14.0 Å². The zero-order valence-corrected chi connectivity index (χ0v) is 13.5. The summed E-state index contributed by atoms with van der Waals surface area (Å²) in [7, 11) is 0. The first-order chi connectivity index (χ1) is 11.6. The average molecular weight is 347 g/mol. The predicted octanol–water partition coefficient (Wildman–Crippen LogP) is 3.04. The van der Waals surface area contributed by atoms with Crippen molar-refractivity contribution in [3.63, 3.8) is 0 Å². The molecule has 0 bridgehead atoms. The highest BCUT2D eigenvalue weighted by Crippen LogP contribution is 2.18. The highest BCUT2D eigenvalue weighted by molar-refractivity contribution is 6.33. The van der Waals surface area contributed by atoms with Gasteiger partial charge in [-0.05, 0) is 23.8 Å². The zero-order valence-electron chi connectivity index (χ0n) is 12.8. The van der Waals surface area contributed by atoms with Crippen LogP contribution in [0.25, 0.3) is 6.08 Å². The maximum atomic E-state index is 13.6. The van der Waals surface area contributed by atoms with Gasteiger partial charge in [-0.3, -0.25) is 9.59 Å². The summed E-state index contributed by atoms with van der Waals surface area (Å²) in [5.41, 5.74) is 0.713. The minimum Gasteiger partial charge on any atom is -0.351 e. The van der Waals surface area contributed by atoms with Crippen LogP contribution in [0.15, 0.2) is 54.6 Å². The fraction of sp³-hybridized carbons (Fsp3) is 0.111. The molecule has 0 radical (unpaired) electrons. The monoisotopic (exact) mass is 346 g/mol. The predicted molar refractivity (Wildman–Crippen MR) is 92.2 cm³/mol. The number of carbonyl (C=O) groups excluding carboxylic acids is 2. The lowest BCUT2D eigenvalue weighted by atomic mass is 10.2. The maximum absolute atomic E-state index is 13.6. The van der Waals surface area contributed by atoms with Gasteiger partial charge in [-0.25, -0.2) is 4.39 Å². The molecule has 0 fully saturated rings. The number of nitrogens with one attached hydrogen (secondary N) is 2. The first kappa shape index (κ1) is 17.7. The maximum Gasteiger partial charge on any atom is 0.255 e. The quantitative estimate of drug-likeness (QED) is 0.624. The summed E-state index contributed by atoms with van der Waals surface area (Å²) in [5, 5.41) is 5.17. The van der Waals surface area contributed by atoms with Crippen molar-refractivity contribution in [2.45, 2.75) is 0 Å². The molecule has 2 aromatic rings. The van der Waals surface area contributed by atoms with Crippen molar-refractivity contribution in [3.05, 3.63) is 76.6 Å². The lowest BCUT2D eigenvalue weighted by Crippen LogP contribution is -2.34. The van der Waals surface area contributed by atoms with Crippen molar-refractivity contribution in [2.24, 2.45) is 0 Å². The molecule has 2 amide bonds. The summed E-state index contributed by atoms with van der Waals surface area (Å²) in [4.78, 5) is 23.5. The van der Waals surface area contributed by atoms with Gasteiger partial charge in [-0.2, -0.15) is 0 Å². The van der Waals surface area contributed by atoms with Crippen molar-refractivity contribution >= 4 is 29.5 Å². The molecule has 0 atom stereocenters. The van der Waals surface area contributed by atoms with E-state index in [1.54, 1.807) is 6.08 Å². The Kier molecular flexibility index (Phi) is 6.51. The van der Waals surface area contributed by atoms with Gasteiger partial charge in [0.25, 0.3) is 5.91 Å². The SMILES string of the molecule is O=C(/C=C/c1ccccc1)NCCNC(=O)c1c(F)cccc1Cl. The first-order valence-electron chi connectivity index (χ1n) is 7.31. The molecule has 24 heavy (non-hydrogen) atoms. The number of hydrogen-bond acceptors (Lipinski definition) is 2. The van der Waals surface area contributed by atoms with Crippen LogP contribution < -0.4 is 10.6 Å². The van der Waals surface area contributed by atoms with Gasteiger partial charge in [0.05, 0.1) is 10.6 Å². The fourth-order valence-electron chi connectivity index (χ4n) is 1.96. The number of rotatable bonds is 6. The second-order valence-electron chi connectivity index (χ2n) is 4.89. The third-order valence-electron chi connectivity index (χ3n) is 3.13. The normalized spacial score (nSPS) is 10.6. The minimum absolute atomic E-state index is 0.0438. The van der Waals surface area contributed by atoms with Crippen molar-refractivity contribution in [1.29, 1.82) is 0 Å². The number of hydrogen-bond donors (Lipinski definition) is 2. The van der Waals surface area contributed by atoms with E-state index in [0.717, 1.165) is 11.6 Å². The smallest absolute Gasteiger partial charge is 0.255 e. The van der Waals surface area contributed by atoms with Crippen LogP contribution in [0.2, 0.25) is 5.02 Å². The molecular weight excluding hydrogens is 331 g/mol. The van der Waals surface area contributed by atoms with E-state index < -0.39 is 11.7 Å². The van der Waals surface area contributed by atoms with E-state index in [9.17, 15) is 14.0 Å². The van der Waals surface area contributed by atoms with E-state index in [1.165, 1.54) is 18.2 Å². The molecule has 0 saturated heterocycles. The third kappa shape index (κ3) is 5.21. The van der Waals surface area contributed by atoms with Gasteiger partial charge < -0.3 is 10.6 Å². The molecule has 0 saturated carbocycles. The van der Waals surface area contributed by atoms with Gasteiger partial charge in [-0.15, -0.1) is 0 Å². The molecule has 124 valence electrons. The largest absolute Gasteiger partial charge is 0.351 e. The van der Waals surface area contributed by atoms with E-state index in [-0.39, 0.29) is 29.6 Å². The molecule has 0 aliphatic carbocycles. The van der Waals surface area contributed by atoms with Crippen molar-refractivity contribution in [2.75, 3.05) is 13.1 Å². The van der Waals surface area contributed by atoms with Crippen LogP contribution in [0.5, 0.6) is 0 Å². The van der Waals surface area contributed by atoms with Gasteiger partial charge in [-0.1, -0.05) is 48.0 Å². The molecular formula is C18H16ClFN2O2. The van der Waals surface area contributed by atoms with Crippen LogP contribution in [-0.4, -0.2) is 24.9 Å². The van der Waals surface area contributed by atoms with Crippen LogP contribution in [0, 0.1) is 5.82 Å². The summed E-state index contributed by atoms with van der Waals surface area (Å²) in [6, 6.07) is 13.4. The van der Waals surface area contributed by atoms with Gasteiger partial charge >= 0.3 is 0 Å². The molecule has 0 unspecified atom stereocenters. The van der Waals surface area contributed by atoms with Gasteiger partial charge in [0, 0.05) is 19.2 Å². The average Bonchev–Trinajstić information content (AvgIpc) is 2.57. The Morgan fingerprint density at radius 2 is 1.71 bits per heavy atom. The van der Waals surface area contributed by atoms with Gasteiger partial charge in [0.2, 0.25) is 5.91 Å². The molecule has 0 aromatic heterocycles. The van der Waals surface area contributed by atoms with Crippen LogP contribution in [-0.2, 0) is 4.79 Å². The van der Waals surface area contributed by atoms with Crippen LogP contribution in [0.3, 0.4) is 0 Å². The van der Waals surface area contributed by atoms with E-state index >= 15 is 0 Å². The van der Waals surface area contributed by atoms with E-state index in [4.69, 9.17) is 11.6 Å². The molecule has 0 heterocycles. The van der Waals surface area contributed by atoms with Crippen LogP contribution >= 0.6 is 11.6 Å². The number of halogens is 2. The Morgan fingerprint density at radius 1 is 1.00 bits per heavy atom. The van der Waals surface area contributed by atoms with Gasteiger partial charge in [0.1, 0.15) is 5.82 Å². The van der Waals surface area contributed by atoms with Gasteiger partial charge in [0.15, 0.2) is 0 Å². The molecule has 0 spiro atoms. The summed E-state index contributed by atoms with van der Waals surface area (Å²) >= 11 is 5.81. The summed E-state index contributed by atoms with van der Waals surface area (Å²) in [6.45, 7) is 0.379. The first-order valence-corrected chi connectivity index (χ1v) is 7.69. The second-order valence-corrected chi connectivity index (χ2v) is 5.29. The number of benzene rings is 2.